The van der Waals surface area contributed by atoms with Gasteiger partial charge >= 0.3 is 0 Å². The first-order valence-corrected chi connectivity index (χ1v) is 6.01. The first-order valence-electron chi connectivity index (χ1n) is 6.01. The maximum atomic E-state index is 11.4. The Morgan fingerprint density at radius 2 is 2.12 bits per heavy atom. The standard InChI is InChI=1S/C11H20N2O3/c14-11(7-12-5-9-1-2-9)13-6-10-8-15-3-4-16-10/h9-10,12H,1-8H2,(H,13,14). The molecule has 1 heterocycles. The topological polar surface area (TPSA) is 59.6 Å². The first kappa shape index (κ1) is 11.8. The third-order valence-corrected chi connectivity index (χ3v) is 2.83. The molecule has 1 atom stereocenters. The van der Waals surface area contributed by atoms with Crippen LogP contribution in [0.4, 0.5) is 0 Å². The van der Waals surface area contributed by atoms with E-state index in [0.717, 1.165) is 12.5 Å². The molecule has 0 radical (unpaired) electrons. The van der Waals surface area contributed by atoms with E-state index in [9.17, 15) is 4.79 Å². The van der Waals surface area contributed by atoms with Crippen LogP contribution in [0.3, 0.4) is 0 Å². The molecule has 1 saturated carbocycles. The van der Waals surface area contributed by atoms with Gasteiger partial charge in [-0.05, 0) is 25.3 Å². The summed E-state index contributed by atoms with van der Waals surface area (Å²) in [7, 11) is 0. The number of nitrogens with one attached hydrogen (secondary N) is 2. The fourth-order valence-electron chi connectivity index (χ4n) is 1.66. The molecule has 0 aromatic heterocycles. The summed E-state index contributed by atoms with van der Waals surface area (Å²) in [6.07, 6.45) is 2.63. The average molecular weight is 228 g/mol. The van der Waals surface area contributed by atoms with Gasteiger partial charge in [-0.2, -0.15) is 0 Å². The lowest BCUT2D eigenvalue weighted by molar-refractivity contribution is -0.123. The largest absolute Gasteiger partial charge is 0.376 e. The lowest BCUT2D eigenvalue weighted by atomic mass is 10.3. The van der Waals surface area contributed by atoms with Crippen molar-refractivity contribution in [1.82, 2.24) is 10.6 Å². The Hall–Kier alpha value is -0.650. The van der Waals surface area contributed by atoms with E-state index in [4.69, 9.17) is 9.47 Å². The number of hydrogen-bond donors (Lipinski definition) is 2. The second-order valence-electron chi connectivity index (χ2n) is 4.45. The summed E-state index contributed by atoms with van der Waals surface area (Å²) in [5.41, 5.74) is 0. The molecule has 2 N–H and O–H groups in total. The molecule has 0 spiro atoms. The van der Waals surface area contributed by atoms with Crippen LogP contribution in [0.1, 0.15) is 12.8 Å². The smallest absolute Gasteiger partial charge is 0.234 e. The Balaban J connectivity index is 1.48. The van der Waals surface area contributed by atoms with Gasteiger partial charge in [-0.25, -0.2) is 0 Å². The molecule has 92 valence electrons. The van der Waals surface area contributed by atoms with Crippen LogP contribution in [0.25, 0.3) is 0 Å². The second kappa shape index (κ2) is 6.18. The normalized spacial score (nSPS) is 25.4. The number of hydrogen-bond acceptors (Lipinski definition) is 4. The monoisotopic (exact) mass is 228 g/mol. The number of amides is 1. The highest BCUT2D eigenvalue weighted by atomic mass is 16.6. The van der Waals surface area contributed by atoms with Crippen molar-refractivity contribution in [3.8, 4) is 0 Å². The Labute approximate surface area is 95.9 Å². The number of rotatable bonds is 6. The predicted octanol–water partition coefficient (Wildman–Crippen LogP) is -0.482. The minimum absolute atomic E-state index is 0.0149. The maximum Gasteiger partial charge on any atom is 0.234 e. The molecule has 2 fully saturated rings. The summed E-state index contributed by atoms with van der Waals surface area (Å²) in [5.74, 6) is 0.845. The molecule has 1 amide bonds. The summed E-state index contributed by atoms with van der Waals surface area (Å²) in [5, 5.41) is 5.99. The van der Waals surface area contributed by atoms with Crippen LogP contribution >= 0.6 is 0 Å². The Morgan fingerprint density at radius 3 is 2.81 bits per heavy atom. The molecule has 1 unspecified atom stereocenters. The highest BCUT2D eigenvalue weighted by Gasteiger charge is 2.20. The van der Waals surface area contributed by atoms with Crippen molar-refractivity contribution >= 4 is 5.91 Å². The van der Waals surface area contributed by atoms with Gasteiger partial charge in [0.25, 0.3) is 0 Å². The zero-order valence-electron chi connectivity index (χ0n) is 9.54. The van der Waals surface area contributed by atoms with Crippen molar-refractivity contribution in [2.24, 2.45) is 5.92 Å². The quantitative estimate of drug-likeness (QED) is 0.644. The molecule has 5 heteroatoms. The van der Waals surface area contributed by atoms with E-state index in [1.807, 2.05) is 0 Å². The van der Waals surface area contributed by atoms with Gasteiger partial charge in [-0.15, -0.1) is 0 Å². The van der Waals surface area contributed by atoms with Crippen molar-refractivity contribution in [2.45, 2.75) is 18.9 Å². The van der Waals surface area contributed by atoms with Gasteiger partial charge in [0.05, 0.1) is 32.5 Å². The van der Waals surface area contributed by atoms with Crippen LogP contribution in [0.2, 0.25) is 0 Å². The van der Waals surface area contributed by atoms with E-state index in [1.54, 1.807) is 0 Å². The average Bonchev–Trinajstić information content (AvgIpc) is 3.12. The number of carbonyl (C=O) groups excluding carboxylic acids is 1. The molecule has 1 aliphatic heterocycles. The Kier molecular flexibility index (Phi) is 4.56. The van der Waals surface area contributed by atoms with Crippen LogP contribution in [0.15, 0.2) is 0 Å². The predicted molar refractivity (Wildman–Crippen MR) is 59.2 cm³/mol. The summed E-state index contributed by atoms with van der Waals surface area (Å²) in [6.45, 7) is 3.79. The molecule has 1 aliphatic carbocycles. The van der Waals surface area contributed by atoms with Gasteiger partial charge in [-0.1, -0.05) is 0 Å². The third-order valence-electron chi connectivity index (χ3n) is 2.83. The summed E-state index contributed by atoms with van der Waals surface area (Å²) < 4.78 is 10.7. The van der Waals surface area contributed by atoms with Crippen molar-refractivity contribution in [2.75, 3.05) is 39.5 Å². The molecule has 1 saturated heterocycles. The SMILES string of the molecule is O=C(CNCC1CC1)NCC1COCCO1. The Morgan fingerprint density at radius 1 is 1.25 bits per heavy atom. The molecular formula is C11H20N2O3. The number of carbonyl (C=O) groups is 1. The van der Waals surface area contributed by atoms with Crippen LogP contribution in [0.5, 0.6) is 0 Å². The van der Waals surface area contributed by atoms with Gasteiger partial charge in [0.1, 0.15) is 0 Å². The highest BCUT2D eigenvalue weighted by molar-refractivity contribution is 5.77. The van der Waals surface area contributed by atoms with E-state index < -0.39 is 0 Å². The maximum absolute atomic E-state index is 11.4. The molecule has 0 aromatic carbocycles. The molecule has 5 nitrogen and oxygen atoms in total. The minimum atomic E-state index is 0.0149. The second-order valence-corrected chi connectivity index (χ2v) is 4.45. The fraction of sp³-hybridized carbons (Fsp3) is 0.909. The van der Waals surface area contributed by atoms with Gasteiger partial charge in [0, 0.05) is 6.54 Å². The highest BCUT2D eigenvalue weighted by Crippen LogP contribution is 2.27. The minimum Gasteiger partial charge on any atom is -0.376 e. The van der Waals surface area contributed by atoms with Crippen LogP contribution in [-0.4, -0.2) is 51.5 Å². The van der Waals surface area contributed by atoms with Gasteiger partial charge < -0.3 is 20.1 Å². The van der Waals surface area contributed by atoms with E-state index in [1.165, 1.54) is 12.8 Å². The molecule has 16 heavy (non-hydrogen) atoms. The van der Waals surface area contributed by atoms with Crippen LogP contribution < -0.4 is 10.6 Å². The van der Waals surface area contributed by atoms with E-state index in [-0.39, 0.29) is 12.0 Å². The van der Waals surface area contributed by atoms with Crippen molar-refractivity contribution in [3.05, 3.63) is 0 Å². The van der Waals surface area contributed by atoms with E-state index in [2.05, 4.69) is 10.6 Å². The molecular weight excluding hydrogens is 208 g/mol. The zero-order valence-corrected chi connectivity index (χ0v) is 9.54. The molecule has 2 rings (SSSR count). The number of ether oxygens (including phenoxy) is 2. The summed E-state index contributed by atoms with van der Waals surface area (Å²) in [6, 6.07) is 0. The van der Waals surface area contributed by atoms with Gasteiger partial charge in [-0.3, -0.25) is 4.79 Å². The van der Waals surface area contributed by atoms with Crippen molar-refractivity contribution in [1.29, 1.82) is 0 Å². The van der Waals surface area contributed by atoms with Gasteiger partial charge in [0.15, 0.2) is 0 Å². The zero-order chi connectivity index (χ0) is 11.2. The summed E-state index contributed by atoms with van der Waals surface area (Å²) in [4.78, 5) is 11.4. The molecule has 2 aliphatic rings. The molecule has 0 bridgehead atoms. The first-order chi connectivity index (χ1) is 7.84. The van der Waals surface area contributed by atoms with Gasteiger partial charge in [0.2, 0.25) is 5.91 Å². The lowest BCUT2D eigenvalue weighted by Gasteiger charge is -2.23. The van der Waals surface area contributed by atoms with Crippen LogP contribution in [-0.2, 0) is 14.3 Å². The van der Waals surface area contributed by atoms with E-state index >= 15 is 0 Å². The van der Waals surface area contributed by atoms with Crippen molar-refractivity contribution < 1.29 is 14.3 Å². The Bertz CT molecular complexity index is 225. The van der Waals surface area contributed by atoms with Crippen molar-refractivity contribution in [3.63, 3.8) is 0 Å². The van der Waals surface area contributed by atoms with Crippen LogP contribution in [0, 0.1) is 5.92 Å². The summed E-state index contributed by atoms with van der Waals surface area (Å²) >= 11 is 0. The lowest BCUT2D eigenvalue weighted by Crippen LogP contribution is -2.42. The third kappa shape index (κ3) is 4.47. The van der Waals surface area contributed by atoms with E-state index in [0.29, 0.717) is 32.9 Å². The fourth-order valence-corrected chi connectivity index (χ4v) is 1.66. The molecule has 0 aromatic rings.